The van der Waals surface area contributed by atoms with Crippen LogP contribution in [0.2, 0.25) is 0 Å². The number of halogens is 1. The fraction of sp³-hybridized carbons (Fsp3) is 0.207. The quantitative estimate of drug-likeness (QED) is 0.333. The number of esters is 1. The van der Waals surface area contributed by atoms with Gasteiger partial charge in [0.15, 0.2) is 0 Å². The molecule has 1 atom stereocenters. The maximum Gasteiger partial charge on any atom is 0.310 e. The van der Waals surface area contributed by atoms with Crippen molar-refractivity contribution in [1.29, 1.82) is 0 Å². The number of ketones is 1. The van der Waals surface area contributed by atoms with E-state index in [9.17, 15) is 14.0 Å². The number of fused-ring (bicyclic) bond motifs is 1. The van der Waals surface area contributed by atoms with Crippen LogP contribution in [-0.2, 0) is 33.8 Å². The molecule has 178 valence electrons. The van der Waals surface area contributed by atoms with E-state index in [0.29, 0.717) is 18.4 Å². The van der Waals surface area contributed by atoms with E-state index in [1.54, 1.807) is 24.5 Å². The topological polar surface area (TPSA) is 82.3 Å². The molecule has 0 saturated carbocycles. The van der Waals surface area contributed by atoms with Crippen molar-refractivity contribution < 1.29 is 18.7 Å². The third-order valence-electron chi connectivity index (χ3n) is 6.05. The van der Waals surface area contributed by atoms with E-state index in [-0.39, 0.29) is 30.9 Å². The minimum Gasteiger partial charge on any atom is -0.460 e. The number of hydrogen-bond acceptors (Lipinski definition) is 5. The highest BCUT2D eigenvalue weighted by atomic mass is 19.1. The van der Waals surface area contributed by atoms with Gasteiger partial charge in [0, 0.05) is 36.3 Å². The number of aromatic nitrogens is 1. The minimum absolute atomic E-state index is 0.0382. The van der Waals surface area contributed by atoms with Crippen LogP contribution in [0.4, 0.5) is 4.39 Å². The number of carbonyl (C=O) groups excluding carboxylic acids is 2. The number of nitrogens with two attached hydrogens (primary N) is 1. The van der Waals surface area contributed by atoms with Crippen LogP contribution < -0.4 is 5.73 Å². The van der Waals surface area contributed by atoms with Gasteiger partial charge in [-0.15, -0.1) is 0 Å². The molecular weight excluding hydrogens is 443 g/mol. The van der Waals surface area contributed by atoms with Gasteiger partial charge in [0.05, 0.1) is 12.3 Å². The molecule has 0 aliphatic carbocycles. The van der Waals surface area contributed by atoms with E-state index in [2.05, 4.69) is 11.1 Å². The molecule has 5 nitrogen and oxygen atoms in total. The SMILES string of the molecule is NCC(C(=O)CCc1ccc2cnccc2c1)c1ccc(COC(=O)Cc2ccccc2)c(F)c1. The molecular formula is C29H27FN2O3. The Hall–Kier alpha value is -3.90. The first-order valence-electron chi connectivity index (χ1n) is 11.6. The zero-order valence-corrected chi connectivity index (χ0v) is 19.3. The summed E-state index contributed by atoms with van der Waals surface area (Å²) >= 11 is 0. The highest BCUT2D eigenvalue weighted by molar-refractivity contribution is 5.86. The standard InChI is InChI=1S/C29H27FN2O3/c30-27-16-23(9-10-25(27)19-35-29(34)15-20-4-2-1-3-5-20)26(17-31)28(33)11-7-21-6-8-24-18-32-13-12-22(24)14-21/h1-6,8-10,12-14,16,18,26H,7,11,15,17,19,31H2. The summed E-state index contributed by atoms with van der Waals surface area (Å²) in [5.41, 5.74) is 8.55. The molecule has 0 aliphatic heterocycles. The lowest BCUT2D eigenvalue weighted by Gasteiger charge is -2.16. The second-order valence-corrected chi connectivity index (χ2v) is 8.49. The zero-order valence-electron chi connectivity index (χ0n) is 19.3. The molecule has 35 heavy (non-hydrogen) atoms. The van der Waals surface area contributed by atoms with E-state index in [4.69, 9.17) is 10.5 Å². The summed E-state index contributed by atoms with van der Waals surface area (Å²) in [7, 11) is 0. The second kappa shape index (κ2) is 11.5. The smallest absolute Gasteiger partial charge is 0.310 e. The predicted octanol–water partition coefficient (Wildman–Crippen LogP) is 4.90. The Morgan fingerprint density at radius 3 is 2.54 bits per heavy atom. The van der Waals surface area contributed by atoms with E-state index in [0.717, 1.165) is 21.9 Å². The van der Waals surface area contributed by atoms with Gasteiger partial charge in [-0.1, -0.05) is 60.7 Å². The summed E-state index contributed by atoms with van der Waals surface area (Å²) in [6.45, 7) is -0.0798. The molecule has 2 N–H and O–H groups in total. The molecule has 1 aromatic heterocycles. The molecule has 4 aromatic rings. The molecule has 0 bridgehead atoms. The van der Waals surface area contributed by atoms with Gasteiger partial charge >= 0.3 is 5.97 Å². The van der Waals surface area contributed by atoms with Gasteiger partial charge in [-0.2, -0.15) is 0 Å². The Morgan fingerprint density at radius 2 is 1.77 bits per heavy atom. The van der Waals surface area contributed by atoms with Crippen molar-refractivity contribution in [3.8, 4) is 0 Å². The van der Waals surface area contributed by atoms with E-state index >= 15 is 0 Å². The summed E-state index contributed by atoms with van der Waals surface area (Å²) in [4.78, 5) is 29.1. The van der Waals surface area contributed by atoms with Gasteiger partial charge in [-0.05, 0) is 40.6 Å². The van der Waals surface area contributed by atoms with Crippen molar-refractivity contribution >= 4 is 22.5 Å². The number of nitrogens with zero attached hydrogens (tertiary/aromatic N) is 1. The lowest BCUT2D eigenvalue weighted by atomic mass is 9.90. The maximum absolute atomic E-state index is 14.7. The first-order chi connectivity index (χ1) is 17.0. The van der Waals surface area contributed by atoms with Crippen LogP contribution in [0.15, 0.2) is 85.2 Å². The molecule has 0 aliphatic rings. The molecule has 0 spiro atoms. The van der Waals surface area contributed by atoms with Gasteiger partial charge in [0.1, 0.15) is 18.2 Å². The van der Waals surface area contributed by atoms with Crippen molar-refractivity contribution in [2.75, 3.05) is 6.54 Å². The van der Waals surface area contributed by atoms with Crippen LogP contribution in [0, 0.1) is 5.82 Å². The second-order valence-electron chi connectivity index (χ2n) is 8.49. The molecule has 0 radical (unpaired) electrons. The lowest BCUT2D eigenvalue weighted by Crippen LogP contribution is -2.22. The molecule has 0 fully saturated rings. The molecule has 0 saturated heterocycles. The summed E-state index contributed by atoms with van der Waals surface area (Å²) in [6.07, 6.45) is 4.55. The highest BCUT2D eigenvalue weighted by Crippen LogP contribution is 2.23. The summed E-state index contributed by atoms with van der Waals surface area (Å²) in [6, 6.07) is 21.7. The molecule has 3 aromatic carbocycles. The number of pyridine rings is 1. The molecule has 0 amide bonds. The zero-order chi connectivity index (χ0) is 24.6. The lowest BCUT2D eigenvalue weighted by molar-refractivity contribution is -0.144. The number of ether oxygens (including phenoxy) is 1. The number of carbonyl (C=O) groups is 2. The van der Waals surface area contributed by atoms with Gasteiger partial charge in [0.2, 0.25) is 0 Å². The van der Waals surface area contributed by atoms with Crippen LogP contribution in [-0.4, -0.2) is 23.3 Å². The van der Waals surface area contributed by atoms with Gasteiger partial charge in [-0.3, -0.25) is 14.6 Å². The Bertz CT molecular complexity index is 1320. The Labute approximate surface area is 203 Å². The van der Waals surface area contributed by atoms with Gasteiger partial charge in [-0.25, -0.2) is 4.39 Å². The fourth-order valence-electron chi connectivity index (χ4n) is 4.05. The van der Waals surface area contributed by atoms with Crippen LogP contribution in [0.3, 0.4) is 0 Å². The monoisotopic (exact) mass is 470 g/mol. The number of aryl methyl sites for hydroxylation is 1. The number of hydrogen-bond donors (Lipinski definition) is 1. The first kappa shape index (κ1) is 24.2. The molecule has 6 heteroatoms. The van der Waals surface area contributed by atoms with Crippen molar-refractivity contribution in [3.63, 3.8) is 0 Å². The number of benzene rings is 3. The van der Waals surface area contributed by atoms with E-state index < -0.39 is 17.7 Å². The largest absolute Gasteiger partial charge is 0.460 e. The summed E-state index contributed by atoms with van der Waals surface area (Å²) in [5.74, 6) is -1.59. The normalized spacial score (nSPS) is 11.8. The Kier molecular flexibility index (Phi) is 7.95. The molecule has 1 heterocycles. The first-order valence-corrected chi connectivity index (χ1v) is 11.6. The fourth-order valence-corrected chi connectivity index (χ4v) is 4.05. The number of rotatable bonds is 10. The summed E-state index contributed by atoms with van der Waals surface area (Å²) in [5, 5.41) is 2.12. The van der Waals surface area contributed by atoms with Crippen LogP contribution in [0.25, 0.3) is 10.8 Å². The minimum atomic E-state index is -0.594. The van der Waals surface area contributed by atoms with Gasteiger partial charge in [0.25, 0.3) is 0 Å². The van der Waals surface area contributed by atoms with Crippen LogP contribution >= 0.6 is 0 Å². The average Bonchev–Trinajstić information content (AvgIpc) is 2.88. The van der Waals surface area contributed by atoms with Crippen molar-refractivity contribution in [2.45, 2.75) is 31.8 Å². The van der Waals surface area contributed by atoms with Crippen LogP contribution in [0.1, 0.15) is 34.6 Å². The Balaban J connectivity index is 1.35. The average molecular weight is 471 g/mol. The van der Waals surface area contributed by atoms with Crippen molar-refractivity contribution in [2.24, 2.45) is 5.73 Å². The predicted molar refractivity (Wildman–Crippen MR) is 133 cm³/mol. The molecule has 4 rings (SSSR count). The van der Waals surface area contributed by atoms with E-state index in [1.165, 1.54) is 6.07 Å². The molecule has 1 unspecified atom stereocenters. The van der Waals surface area contributed by atoms with Crippen LogP contribution in [0.5, 0.6) is 0 Å². The van der Waals surface area contributed by atoms with Crippen molar-refractivity contribution in [3.05, 3.63) is 113 Å². The highest BCUT2D eigenvalue weighted by Gasteiger charge is 2.20. The Morgan fingerprint density at radius 1 is 0.943 bits per heavy atom. The maximum atomic E-state index is 14.7. The summed E-state index contributed by atoms with van der Waals surface area (Å²) < 4.78 is 20.0. The number of Topliss-reactive ketones (excluding diaryl/α,β-unsaturated/α-hetero) is 1. The third-order valence-corrected chi connectivity index (χ3v) is 6.05. The van der Waals surface area contributed by atoms with E-state index in [1.807, 2.05) is 48.5 Å². The third kappa shape index (κ3) is 6.37. The van der Waals surface area contributed by atoms with Crippen molar-refractivity contribution in [1.82, 2.24) is 4.98 Å². The van der Waals surface area contributed by atoms with Gasteiger partial charge < -0.3 is 10.5 Å².